The van der Waals surface area contributed by atoms with Gasteiger partial charge in [0.2, 0.25) is 0 Å². The number of hydrogen-bond acceptors (Lipinski definition) is 3. The summed E-state index contributed by atoms with van der Waals surface area (Å²) in [4.78, 5) is 0.592. The Labute approximate surface area is 91.6 Å². The molecule has 76 valence electrons. The third kappa shape index (κ3) is 1.71. The largest absolute Gasteiger partial charge is 0.379 e. The number of halogens is 1. The number of rotatable bonds is 2. The molecule has 0 aromatic heterocycles. The van der Waals surface area contributed by atoms with Gasteiger partial charge >= 0.3 is 0 Å². The summed E-state index contributed by atoms with van der Waals surface area (Å²) in [5, 5.41) is -0.135. The van der Waals surface area contributed by atoms with E-state index in [9.17, 15) is 4.21 Å². The highest BCUT2D eigenvalue weighted by molar-refractivity contribution is 9.10. The Morgan fingerprint density at radius 1 is 1.36 bits per heavy atom. The van der Waals surface area contributed by atoms with Crippen molar-refractivity contribution >= 4 is 25.7 Å². The molecule has 14 heavy (non-hydrogen) atoms. The number of hydrogen-bond donors (Lipinski definition) is 1. The molecule has 2 rings (SSSR count). The van der Waals surface area contributed by atoms with E-state index < -0.39 is 9.73 Å². The van der Waals surface area contributed by atoms with Crippen molar-refractivity contribution in [2.24, 2.45) is 0 Å². The molecule has 1 unspecified atom stereocenters. The zero-order valence-electron chi connectivity index (χ0n) is 7.40. The van der Waals surface area contributed by atoms with Crippen molar-refractivity contribution in [2.75, 3.05) is 13.2 Å². The normalized spacial score (nSPS) is 21.2. The summed E-state index contributed by atoms with van der Waals surface area (Å²) < 4.78 is 25.8. The Morgan fingerprint density at radius 3 is 2.36 bits per heavy atom. The summed E-state index contributed by atoms with van der Waals surface area (Å²) in [6, 6.07) is 7.08. The van der Waals surface area contributed by atoms with Gasteiger partial charge in [0.05, 0.1) is 28.2 Å². The van der Waals surface area contributed by atoms with Crippen molar-refractivity contribution in [3.8, 4) is 0 Å². The summed E-state index contributed by atoms with van der Waals surface area (Å²) >= 11 is 3.30. The molecular weight excluding hydrogens is 266 g/mol. The monoisotopic (exact) mass is 275 g/mol. The quantitative estimate of drug-likeness (QED) is 0.900. The molecule has 3 nitrogen and oxygen atoms in total. The molecular formula is C9H10BrNO2S. The highest BCUT2D eigenvalue weighted by Gasteiger charge is 2.30. The second kappa shape index (κ2) is 3.64. The Balaban J connectivity index is 2.34. The van der Waals surface area contributed by atoms with Gasteiger partial charge in [0.25, 0.3) is 0 Å². The molecule has 0 bridgehead atoms. The highest BCUT2D eigenvalue weighted by atomic mass is 79.9. The van der Waals surface area contributed by atoms with Gasteiger partial charge in [0.15, 0.2) is 0 Å². The third-order valence-electron chi connectivity index (χ3n) is 2.24. The fraction of sp³-hybridized carbons (Fsp3) is 0.333. The molecule has 1 atom stereocenters. The van der Waals surface area contributed by atoms with Crippen molar-refractivity contribution in [1.29, 1.82) is 4.78 Å². The van der Waals surface area contributed by atoms with Gasteiger partial charge in [-0.3, -0.25) is 0 Å². The maximum atomic E-state index is 12.1. The molecule has 0 spiro atoms. The van der Waals surface area contributed by atoms with Crippen LogP contribution in [0.15, 0.2) is 33.6 Å². The molecule has 0 saturated carbocycles. The summed E-state index contributed by atoms with van der Waals surface area (Å²) in [5.41, 5.74) is 0. The van der Waals surface area contributed by atoms with Crippen LogP contribution >= 0.6 is 15.9 Å². The van der Waals surface area contributed by atoms with Crippen LogP contribution in [0.1, 0.15) is 0 Å². The molecule has 1 saturated heterocycles. The van der Waals surface area contributed by atoms with Crippen LogP contribution in [0.2, 0.25) is 0 Å². The van der Waals surface area contributed by atoms with Crippen molar-refractivity contribution < 1.29 is 8.95 Å². The van der Waals surface area contributed by atoms with Crippen molar-refractivity contribution in [3.63, 3.8) is 0 Å². The first kappa shape index (κ1) is 10.1. The number of benzene rings is 1. The zero-order valence-corrected chi connectivity index (χ0v) is 9.81. The molecule has 1 aliphatic heterocycles. The Bertz CT molecular complexity index is 423. The minimum atomic E-state index is -2.66. The van der Waals surface area contributed by atoms with Gasteiger partial charge in [-0.25, -0.2) is 8.99 Å². The predicted octanol–water partition coefficient (Wildman–Crippen LogP) is 2.25. The van der Waals surface area contributed by atoms with E-state index in [0.29, 0.717) is 18.1 Å². The highest BCUT2D eigenvalue weighted by Crippen LogP contribution is 2.23. The first-order valence-electron chi connectivity index (χ1n) is 4.21. The Kier molecular flexibility index (Phi) is 2.64. The molecule has 5 heteroatoms. The van der Waals surface area contributed by atoms with Crippen LogP contribution < -0.4 is 0 Å². The van der Waals surface area contributed by atoms with E-state index in [1.807, 2.05) is 12.1 Å². The smallest absolute Gasteiger partial charge is 0.0939 e. The second-order valence-electron chi connectivity index (χ2n) is 3.21. The SMILES string of the molecule is N=S(=O)(c1ccc(Br)cc1)C1COC1. The van der Waals surface area contributed by atoms with E-state index in [2.05, 4.69) is 15.9 Å². The van der Waals surface area contributed by atoms with E-state index in [0.717, 1.165) is 4.47 Å². The first-order valence-corrected chi connectivity index (χ1v) is 6.63. The maximum absolute atomic E-state index is 12.1. The van der Waals surface area contributed by atoms with Crippen molar-refractivity contribution in [3.05, 3.63) is 28.7 Å². The lowest BCUT2D eigenvalue weighted by molar-refractivity contribution is 0.0427. The van der Waals surface area contributed by atoms with E-state index >= 15 is 0 Å². The Hall–Kier alpha value is -0.390. The van der Waals surface area contributed by atoms with Crippen LogP contribution in [0.5, 0.6) is 0 Å². The molecule has 1 heterocycles. The topological polar surface area (TPSA) is 50.2 Å². The fourth-order valence-electron chi connectivity index (χ4n) is 1.23. The van der Waals surface area contributed by atoms with Gasteiger partial charge in [-0.2, -0.15) is 0 Å². The fourth-order valence-corrected chi connectivity index (χ4v) is 3.00. The molecule has 0 radical (unpaired) electrons. The summed E-state index contributed by atoms with van der Waals surface area (Å²) in [6.07, 6.45) is 0. The Morgan fingerprint density at radius 2 is 1.93 bits per heavy atom. The van der Waals surface area contributed by atoms with Crippen molar-refractivity contribution in [1.82, 2.24) is 0 Å². The van der Waals surface area contributed by atoms with E-state index in [-0.39, 0.29) is 5.25 Å². The summed E-state index contributed by atoms with van der Waals surface area (Å²) in [7, 11) is -2.66. The standard InChI is InChI=1S/C9H10BrNO2S/c10-7-1-3-8(4-2-7)14(11,12)9-5-13-6-9/h1-4,9,11H,5-6H2. The lowest BCUT2D eigenvalue weighted by Crippen LogP contribution is -2.39. The van der Waals surface area contributed by atoms with Crippen LogP contribution in [0, 0.1) is 4.78 Å². The number of ether oxygens (including phenoxy) is 1. The molecule has 1 N–H and O–H groups in total. The third-order valence-corrected chi connectivity index (χ3v) is 4.95. The molecule has 0 amide bonds. The zero-order chi connectivity index (χ0) is 10.2. The molecule has 1 aliphatic rings. The van der Waals surface area contributed by atoms with Gasteiger partial charge in [0, 0.05) is 9.37 Å². The number of nitrogens with one attached hydrogen (secondary N) is 1. The molecule has 1 aromatic rings. The van der Waals surface area contributed by atoms with E-state index in [4.69, 9.17) is 9.52 Å². The molecule has 1 aromatic carbocycles. The van der Waals surface area contributed by atoms with Crippen LogP contribution in [0.3, 0.4) is 0 Å². The second-order valence-corrected chi connectivity index (χ2v) is 6.47. The average Bonchev–Trinajstić information content (AvgIpc) is 2.00. The van der Waals surface area contributed by atoms with Gasteiger partial charge in [-0.15, -0.1) is 0 Å². The lowest BCUT2D eigenvalue weighted by Gasteiger charge is -2.27. The van der Waals surface area contributed by atoms with Gasteiger partial charge in [-0.1, -0.05) is 15.9 Å². The first-order chi connectivity index (χ1) is 6.60. The predicted molar refractivity (Wildman–Crippen MR) is 57.9 cm³/mol. The average molecular weight is 276 g/mol. The minimum Gasteiger partial charge on any atom is -0.379 e. The summed E-state index contributed by atoms with van der Waals surface area (Å²) in [5.74, 6) is 0. The maximum Gasteiger partial charge on any atom is 0.0939 e. The van der Waals surface area contributed by atoms with Crippen molar-refractivity contribution in [2.45, 2.75) is 10.1 Å². The van der Waals surface area contributed by atoms with Gasteiger partial charge in [0.1, 0.15) is 0 Å². The van der Waals surface area contributed by atoms with Crippen LogP contribution in [-0.4, -0.2) is 22.7 Å². The lowest BCUT2D eigenvalue weighted by atomic mass is 10.4. The van der Waals surface area contributed by atoms with Crippen LogP contribution in [0.4, 0.5) is 0 Å². The van der Waals surface area contributed by atoms with Crippen LogP contribution in [0.25, 0.3) is 0 Å². The van der Waals surface area contributed by atoms with Gasteiger partial charge < -0.3 is 4.74 Å². The van der Waals surface area contributed by atoms with E-state index in [1.165, 1.54) is 0 Å². The summed E-state index contributed by atoms with van der Waals surface area (Å²) in [6.45, 7) is 0.886. The minimum absolute atomic E-state index is 0.135. The van der Waals surface area contributed by atoms with E-state index in [1.54, 1.807) is 12.1 Å². The van der Waals surface area contributed by atoms with Gasteiger partial charge in [-0.05, 0) is 24.3 Å². The molecule has 0 aliphatic carbocycles. The molecule has 1 fully saturated rings. The van der Waals surface area contributed by atoms with Crippen LogP contribution in [-0.2, 0) is 14.5 Å².